The van der Waals surface area contributed by atoms with E-state index >= 15 is 0 Å². The normalized spacial score (nSPS) is 11.3. The van der Waals surface area contributed by atoms with Gasteiger partial charge in [0.25, 0.3) is 5.91 Å². The quantitative estimate of drug-likeness (QED) is 0.451. The first-order chi connectivity index (χ1) is 15.3. The van der Waals surface area contributed by atoms with Gasteiger partial charge in [0.2, 0.25) is 0 Å². The van der Waals surface area contributed by atoms with Crippen LogP contribution < -0.4 is 0 Å². The van der Waals surface area contributed by atoms with Gasteiger partial charge in [0, 0.05) is 43.5 Å². The Balaban J connectivity index is 1.80. The van der Waals surface area contributed by atoms with Crippen molar-refractivity contribution in [2.45, 2.75) is 54.3 Å². The van der Waals surface area contributed by atoms with Crippen molar-refractivity contribution in [3.05, 3.63) is 64.6 Å². The second kappa shape index (κ2) is 8.57. The predicted molar refractivity (Wildman–Crippen MR) is 127 cm³/mol. The molecule has 1 amide bonds. The lowest BCUT2D eigenvalue weighted by molar-refractivity contribution is 0.0786. The number of benzene rings is 1. The van der Waals surface area contributed by atoms with Crippen molar-refractivity contribution in [1.82, 2.24) is 29.4 Å². The van der Waals surface area contributed by atoms with Crippen LogP contribution in [0.4, 0.5) is 0 Å². The van der Waals surface area contributed by atoms with Crippen molar-refractivity contribution in [2.24, 2.45) is 0 Å². The maximum absolute atomic E-state index is 13.7. The number of amides is 1. The van der Waals surface area contributed by atoms with Crippen molar-refractivity contribution >= 4 is 16.9 Å². The van der Waals surface area contributed by atoms with Crippen molar-refractivity contribution in [3.63, 3.8) is 0 Å². The highest BCUT2D eigenvalue weighted by atomic mass is 16.2. The second-order valence-electron chi connectivity index (χ2n) is 8.25. The molecule has 0 radical (unpaired) electrons. The molecule has 166 valence electrons. The van der Waals surface area contributed by atoms with Crippen molar-refractivity contribution in [1.29, 1.82) is 0 Å². The summed E-state index contributed by atoms with van der Waals surface area (Å²) in [6.07, 6.45) is 1.85. The molecule has 0 bridgehead atoms. The van der Waals surface area contributed by atoms with Crippen LogP contribution in [0, 0.1) is 20.8 Å². The smallest absolute Gasteiger partial charge is 0.254 e. The first-order valence-corrected chi connectivity index (χ1v) is 11.1. The first-order valence-electron chi connectivity index (χ1n) is 11.1. The number of carbonyl (C=O) groups is 1. The van der Waals surface area contributed by atoms with E-state index in [0.717, 1.165) is 45.8 Å². The molecule has 0 atom stereocenters. The van der Waals surface area contributed by atoms with Crippen LogP contribution in [0.25, 0.3) is 22.3 Å². The van der Waals surface area contributed by atoms with Gasteiger partial charge in [-0.2, -0.15) is 10.2 Å². The molecule has 1 aromatic carbocycles. The molecule has 0 fully saturated rings. The Bertz CT molecular complexity index is 1280. The maximum atomic E-state index is 13.7. The van der Waals surface area contributed by atoms with Crippen molar-refractivity contribution in [3.8, 4) is 11.3 Å². The average molecular weight is 431 g/mol. The average Bonchev–Trinajstić information content (AvgIpc) is 3.32. The number of rotatable bonds is 6. The lowest BCUT2D eigenvalue weighted by atomic mass is 10.0. The summed E-state index contributed by atoms with van der Waals surface area (Å²) in [4.78, 5) is 20.3. The lowest BCUT2D eigenvalue weighted by Crippen LogP contribution is -2.27. The number of carbonyl (C=O) groups excluding carboxylic acids is 1. The Morgan fingerprint density at radius 2 is 1.72 bits per heavy atom. The zero-order chi connectivity index (χ0) is 23.0. The van der Waals surface area contributed by atoms with Gasteiger partial charge in [0.15, 0.2) is 5.65 Å². The van der Waals surface area contributed by atoms with Crippen LogP contribution in [0.15, 0.2) is 36.5 Å². The Morgan fingerprint density at radius 3 is 2.34 bits per heavy atom. The van der Waals surface area contributed by atoms with Crippen LogP contribution in [0.5, 0.6) is 0 Å². The van der Waals surface area contributed by atoms with Crippen LogP contribution in [-0.2, 0) is 19.6 Å². The number of aryl methyl sites for hydroxylation is 4. The van der Waals surface area contributed by atoms with Gasteiger partial charge in [-0.05, 0) is 40.7 Å². The summed E-state index contributed by atoms with van der Waals surface area (Å²) in [6.45, 7) is 12.1. The van der Waals surface area contributed by atoms with Crippen molar-refractivity contribution < 1.29 is 4.79 Å². The monoisotopic (exact) mass is 430 g/mol. The van der Waals surface area contributed by atoms with E-state index in [9.17, 15) is 4.79 Å². The molecule has 3 heterocycles. The second-order valence-corrected chi connectivity index (χ2v) is 8.25. The molecule has 3 aromatic heterocycles. The third kappa shape index (κ3) is 3.79. The minimum Gasteiger partial charge on any atom is -0.337 e. The summed E-state index contributed by atoms with van der Waals surface area (Å²) >= 11 is 0. The van der Waals surface area contributed by atoms with Gasteiger partial charge >= 0.3 is 0 Å². The largest absolute Gasteiger partial charge is 0.337 e. The summed E-state index contributed by atoms with van der Waals surface area (Å²) in [5.41, 5.74) is 7.27. The molecule has 0 N–H and O–H groups in total. The van der Waals surface area contributed by atoms with Crippen LogP contribution in [0.3, 0.4) is 0 Å². The zero-order valence-electron chi connectivity index (χ0n) is 19.7. The minimum absolute atomic E-state index is 0.0480. The van der Waals surface area contributed by atoms with Gasteiger partial charge < -0.3 is 4.90 Å². The zero-order valence-corrected chi connectivity index (χ0v) is 19.7. The van der Waals surface area contributed by atoms with E-state index in [-0.39, 0.29) is 5.91 Å². The predicted octanol–water partition coefficient (Wildman–Crippen LogP) is 4.53. The fourth-order valence-corrected chi connectivity index (χ4v) is 4.11. The third-order valence-electron chi connectivity index (χ3n) is 6.01. The molecule has 0 aliphatic rings. The highest BCUT2D eigenvalue weighted by molar-refractivity contribution is 6.07. The summed E-state index contributed by atoms with van der Waals surface area (Å²) < 4.78 is 3.82. The first kappa shape index (κ1) is 21.7. The summed E-state index contributed by atoms with van der Waals surface area (Å²) in [5, 5.41) is 9.88. The SMILES string of the molecule is CCn1ncc(CN(C)C(=O)c2cc(-c3ccc(C)cc3)nc3c2c(C)nn3CC)c1C. The topological polar surface area (TPSA) is 68.8 Å². The summed E-state index contributed by atoms with van der Waals surface area (Å²) in [7, 11) is 1.84. The molecule has 0 saturated carbocycles. The molecule has 0 aliphatic carbocycles. The van der Waals surface area contributed by atoms with Crippen molar-refractivity contribution in [2.75, 3.05) is 7.05 Å². The third-order valence-corrected chi connectivity index (χ3v) is 6.01. The van der Waals surface area contributed by atoms with E-state index in [0.29, 0.717) is 18.7 Å². The van der Waals surface area contributed by atoms with E-state index in [1.165, 1.54) is 5.56 Å². The highest BCUT2D eigenvalue weighted by Crippen LogP contribution is 2.28. The van der Waals surface area contributed by atoms with Gasteiger partial charge in [-0.1, -0.05) is 29.8 Å². The standard InChI is InChI=1S/C25H30N6O/c1-7-30-18(5)20(14-26-30)15-29(6)25(32)21-13-22(19-11-9-16(3)10-12-19)27-24-23(21)17(4)28-31(24)8-2/h9-14H,7-8,15H2,1-6H3. The van der Waals surface area contributed by atoms with Crippen LogP contribution in [0.1, 0.15) is 46.7 Å². The van der Waals surface area contributed by atoms with Gasteiger partial charge in [-0.25, -0.2) is 9.67 Å². The number of hydrogen-bond acceptors (Lipinski definition) is 4. The van der Waals surface area contributed by atoms with Crippen LogP contribution in [-0.4, -0.2) is 42.4 Å². The Kier molecular flexibility index (Phi) is 5.82. The molecule has 7 heteroatoms. The molecule has 32 heavy (non-hydrogen) atoms. The summed E-state index contributed by atoms with van der Waals surface area (Å²) in [6, 6.07) is 10.1. The van der Waals surface area contributed by atoms with Gasteiger partial charge in [-0.3, -0.25) is 9.48 Å². The van der Waals surface area contributed by atoms with E-state index in [4.69, 9.17) is 4.98 Å². The Hall–Kier alpha value is -3.48. The molecule has 0 unspecified atom stereocenters. The minimum atomic E-state index is -0.0480. The number of nitrogens with zero attached hydrogens (tertiary/aromatic N) is 6. The molecular weight excluding hydrogens is 400 g/mol. The van der Waals surface area contributed by atoms with E-state index in [1.54, 1.807) is 4.90 Å². The molecule has 0 saturated heterocycles. The Labute approximate surface area is 188 Å². The molecule has 4 aromatic rings. The van der Waals surface area contributed by atoms with E-state index < -0.39 is 0 Å². The van der Waals surface area contributed by atoms with Gasteiger partial charge in [0.05, 0.1) is 28.5 Å². The van der Waals surface area contributed by atoms with Crippen LogP contribution >= 0.6 is 0 Å². The van der Waals surface area contributed by atoms with Gasteiger partial charge in [-0.15, -0.1) is 0 Å². The molecule has 7 nitrogen and oxygen atoms in total. The van der Waals surface area contributed by atoms with Gasteiger partial charge in [0.1, 0.15) is 0 Å². The molecule has 4 rings (SSSR count). The molecule has 0 spiro atoms. The maximum Gasteiger partial charge on any atom is 0.254 e. The number of hydrogen-bond donors (Lipinski definition) is 0. The Morgan fingerprint density at radius 1 is 1.03 bits per heavy atom. The lowest BCUT2D eigenvalue weighted by Gasteiger charge is -2.18. The van der Waals surface area contributed by atoms with Crippen LogP contribution in [0.2, 0.25) is 0 Å². The number of aromatic nitrogens is 5. The van der Waals surface area contributed by atoms with E-state index in [2.05, 4.69) is 36.2 Å². The number of pyridine rings is 1. The fraction of sp³-hybridized carbons (Fsp3) is 0.360. The molecular formula is C25H30N6O. The molecule has 0 aliphatic heterocycles. The summed E-state index contributed by atoms with van der Waals surface area (Å²) in [5.74, 6) is -0.0480. The van der Waals surface area contributed by atoms with E-state index in [1.807, 2.05) is 61.6 Å². The highest BCUT2D eigenvalue weighted by Gasteiger charge is 2.23. The fourth-order valence-electron chi connectivity index (χ4n) is 4.11. The number of fused-ring (bicyclic) bond motifs is 1.